The summed E-state index contributed by atoms with van der Waals surface area (Å²) in [4.78, 5) is 0.214. The van der Waals surface area contributed by atoms with E-state index in [1.165, 1.54) is 5.56 Å². The SMILES string of the molecule is CS(=O)(=O)CCNS(=O)(=O)c1ccc2c(c1)CCCC2. The molecule has 1 aromatic carbocycles. The van der Waals surface area contributed by atoms with E-state index in [0.29, 0.717) is 0 Å². The molecule has 1 aliphatic carbocycles. The molecule has 5 nitrogen and oxygen atoms in total. The van der Waals surface area contributed by atoms with Crippen LogP contribution in [0.1, 0.15) is 24.0 Å². The first-order chi connectivity index (χ1) is 9.28. The van der Waals surface area contributed by atoms with Gasteiger partial charge in [-0.05, 0) is 48.9 Å². The molecule has 0 saturated heterocycles. The summed E-state index contributed by atoms with van der Waals surface area (Å²) in [5.74, 6) is -0.197. The molecule has 1 aromatic rings. The summed E-state index contributed by atoms with van der Waals surface area (Å²) in [6.07, 6.45) is 5.21. The number of hydrogen-bond donors (Lipinski definition) is 1. The van der Waals surface area contributed by atoms with Gasteiger partial charge in [-0.1, -0.05) is 6.07 Å². The predicted molar refractivity (Wildman–Crippen MR) is 78.0 cm³/mol. The average Bonchev–Trinajstić information content (AvgIpc) is 2.36. The number of aryl methyl sites for hydroxylation is 2. The highest BCUT2D eigenvalue weighted by atomic mass is 32.2. The second kappa shape index (κ2) is 5.83. The van der Waals surface area contributed by atoms with Gasteiger partial charge in [0.1, 0.15) is 9.84 Å². The van der Waals surface area contributed by atoms with Gasteiger partial charge in [0.25, 0.3) is 0 Å². The van der Waals surface area contributed by atoms with E-state index < -0.39 is 19.9 Å². The Kier molecular flexibility index (Phi) is 4.51. The number of rotatable bonds is 5. The molecule has 0 heterocycles. The first-order valence-corrected chi connectivity index (χ1v) is 10.1. The third-order valence-corrected chi connectivity index (χ3v) is 5.80. The van der Waals surface area contributed by atoms with Crippen molar-refractivity contribution in [1.82, 2.24) is 4.72 Å². The van der Waals surface area contributed by atoms with Crippen molar-refractivity contribution >= 4 is 19.9 Å². The van der Waals surface area contributed by atoms with E-state index in [-0.39, 0.29) is 17.2 Å². The van der Waals surface area contributed by atoms with E-state index in [1.54, 1.807) is 12.1 Å². The molecular formula is C13H19NO4S2. The number of fused-ring (bicyclic) bond motifs is 1. The molecule has 20 heavy (non-hydrogen) atoms. The maximum atomic E-state index is 12.1. The van der Waals surface area contributed by atoms with Crippen molar-refractivity contribution in [1.29, 1.82) is 0 Å². The quantitative estimate of drug-likeness (QED) is 0.874. The molecule has 0 radical (unpaired) electrons. The predicted octanol–water partition coefficient (Wildman–Crippen LogP) is 0.888. The van der Waals surface area contributed by atoms with E-state index in [1.807, 2.05) is 6.07 Å². The number of hydrogen-bond acceptors (Lipinski definition) is 4. The normalized spacial score (nSPS) is 15.8. The molecule has 2 rings (SSSR count). The highest BCUT2D eigenvalue weighted by molar-refractivity contribution is 7.91. The molecule has 7 heteroatoms. The Morgan fingerprint density at radius 3 is 2.35 bits per heavy atom. The lowest BCUT2D eigenvalue weighted by atomic mass is 9.92. The van der Waals surface area contributed by atoms with Gasteiger partial charge in [0.2, 0.25) is 10.0 Å². The fraction of sp³-hybridized carbons (Fsp3) is 0.538. The van der Waals surface area contributed by atoms with Crippen molar-refractivity contribution in [3.8, 4) is 0 Å². The van der Waals surface area contributed by atoms with Crippen LogP contribution in [0.5, 0.6) is 0 Å². The maximum Gasteiger partial charge on any atom is 0.240 e. The Hall–Kier alpha value is -0.920. The molecule has 0 unspecified atom stereocenters. The fourth-order valence-corrected chi connectivity index (χ4v) is 4.01. The van der Waals surface area contributed by atoms with Crippen LogP contribution in [0.2, 0.25) is 0 Å². The smallest absolute Gasteiger partial charge is 0.229 e. The largest absolute Gasteiger partial charge is 0.240 e. The minimum absolute atomic E-state index is 0.0990. The first kappa shape index (κ1) is 15.5. The van der Waals surface area contributed by atoms with Gasteiger partial charge < -0.3 is 0 Å². The van der Waals surface area contributed by atoms with E-state index in [9.17, 15) is 16.8 Å². The van der Waals surface area contributed by atoms with Crippen molar-refractivity contribution in [2.24, 2.45) is 0 Å². The number of sulfonamides is 1. The van der Waals surface area contributed by atoms with Crippen LogP contribution in [0.3, 0.4) is 0 Å². The molecule has 112 valence electrons. The third kappa shape index (κ3) is 4.04. The Labute approximate surface area is 120 Å². The van der Waals surface area contributed by atoms with Crippen molar-refractivity contribution in [3.63, 3.8) is 0 Å². The summed E-state index contributed by atoms with van der Waals surface area (Å²) in [5.41, 5.74) is 2.30. The van der Waals surface area contributed by atoms with Crippen LogP contribution < -0.4 is 4.72 Å². The van der Waals surface area contributed by atoms with E-state index in [2.05, 4.69) is 4.72 Å². The van der Waals surface area contributed by atoms with Crippen LogP contribution >= 0.6 is 0 Å². The van der Waals surface area contributed by atoms with Crippen molar-refractivity contribution in [2.75, 3.05) is 18.6 Å². The molecule has 0 aliphatic heterocycles. The molecule has 1 aliphatic rings. The Bertz CT molecular complexity index is 693. The van der Waals surface area contributed by atoms with Gasteiger partial charge in [-0.3, -0.25) is 0 Å². The van der Waals surface area contributed by atoms with Crippen LogP contribution in [-0.4, -0.2) is 35.4 Å². The zero-order chi connectivity index (χ0) is 14.8. The second-order valence-corrected chi connectivity index (χ2v) is 9.19. The van der Waals surface area contributed by atoms with Crippen molar-refractivity contribution < 1.29 is 16.8 Å². The molecule has 0 atom stereocenters. The van der Waals surface area contributed by atoms with Gasteiger partial charge in [0, 0.05) is 12.8 Å². The van der Waals surface area contributed by atoms with Crippen molar-refractivity contribution in [3.05, 3.63) is 29.3 Å². The molecule has 0 aromatic heterocycles. The first-order valence-electron chi connectivity index (χ1n) is 6.57. The van der Waals surface area contributed by atoms with Crippen LogP contribution in [0, 0.1) is 0 Å². The lowest BCUT2D eigenvalue weighted by molar-refractivity contribution is 0.581. The van der Waals surface area contributed by atoms with E-state index in [0.717, 1.165) is 37.5 Å². The molecule has 0 spiro atoms. The fourth-order valence-electron chi connectivity index (χ4n) is 2.32. The molecule has 1 N–H and O–H groups in total. The van der Waals surface area contributed by atoms with Gasteiger partial charge in [-0.2, -0.15) is 0 Å². The zero-order valence-corrected chi connectivity index (χ0v) is 13.1. The van der Waals surface area contributed by atoms with Crippen molar-refractivity contribution in [2.45, 2.75) is 30.6 Å². The van der Waals surface area contributed by atoms with Crippen LogP contribution in [0.4, 0.5) is 0 Å². The van der Waals surface area contributed by atoms with E-state index >= 15 is 0 Å². The molecule has 0 saturated carbocycles. The summed E-state index contributed by atoms with van der Waals surface area (Å²) in [5, 5.41) is 0. The lowest BCUT2D eigenvalue weighted by Crippen LogP contribution is -2.29. The monoisotopic (exact) mass is 317 g/mol. The number of benzene rings is 1. The molecular weight excluding hydrogens is 298 g/mol. The lowest BCUT2D eigenvalue weighted by Gasteiger charge is -2.16. The van der Waals surface area contributed by atoms with Gasteiger partial charge in [0.15, 0.2) is 0 Å². The topological polar surface area (TPSA) is 80.3 Å². The highest BCUT2D eigenvalue weighted by Gasteiger charge is 2.17. The Morgan fingerprint density at radius 1 is 1.05 bits per heavy atom. The maximum absolute atomic E-state index is 12.1. The van der Waals surface area contributed by atoms with Crippen LogP contribution in [0.15, 0.2) is 23.1 Å². The average molecular weight is 317 g/mol. The second-order valence-electron chi connectivity index (χ2n) is 5.17. The number of nitrogens with one attached hydrogen (secondary N) is 1. The highest BCUT2D eigenvalue weighted by Crippen LogP contribution is 2.23. The summed E-state index contributed by atoms with van der Waals surface area (Å²) >= 11 is 0. The number of sulfone groups is 1. The summed E-state index contributed by atoms with van der Waals surface area (Å²) in [6, 6.07) is 5.16. The standard InChI is InChI=1S/C13H19NO4S2/c1-19(15,16)9-8-14-20(17,18)13-7-6-11-4-2-3-5-12(11)10-13/h6-7,10,14H,2-5,8-9H2,1H3. The van der Waals surface area contributed by atoms with Gasteiger partial charge >= 0.3 is 0 Å². The van der Waals surface area contributed by atoms with Gasteiger partial charge in [-0.15, -0.1) is 0 Å². The van der Waals surface area contributed by atoms with Crippen LogP contribution in [-0.2, 0) is 32.7 Å². The van der Waals surface area contributed by atoms with Gasteiger partial charge in [0.05, 0.1) is 10.6 Å². The van der Waals surface area contributed by atoms with E-state index in [4.69, 9.17) is 0 Å². The van der Waals surface area contributed by atoms with Gasteiger partial charge in [-0.25, -0.2) is 21.6 Å². The third-order valence-electron chi connectivity index (χ3n) is 3.40. The summed E-state index contributed by atoms with van der Waals surface area (Å²) < 4.78 is 48.5. The minimum Gasteiger partial charge on any atom is -0.229 e. The Balaban J connectivity index is 2.13. The summed E-state index contributed by atoms with van der Waals surface area (Å²) in [7, 11) is -6.80. The Morgan fingerprint density at radius 2 is 1.70 bits per heavy atom. The molecule has 0 fully saturated rings. The minimum atomic E-state index is -3.63. The zero-order valence-electron chi connectivity index (χ0n) is 11.4. The van der Waals surface area contributed by atoms with Crippen LogP contribution in [0.25, 0.3) is 0 Å². The molecule has 0 bridgehead atoms. The molecule has 0 amide bonds. The summed E-state index contributed by atoms with van der Waals surface area (Å²) in [6.45, 7) is -0.0990.